The number of aromatic nitrogens is 3. The highest BCUT2D eigenvalue weighted by Crippen LogP contribution is 1.96. The van der Waals surface area contributed by atoms with Gasteiger partial charge in [0.2, 0.25) is 0 Å². The summed E-state index contributed by atoms with van der Waals surface area (Å²) >= 11 is 0. The van der Waals surface area contributed by atoms with Crippen molar-refractivity contribution in [3.05, 3.63) is 17.7 Å². The van der Waals surface area contributed by atoms with Crippen molar-refractivity contribution in [1.82, 2.24) is 20.5 Å². The molecule has 0 saturated carbocycles. The molecule has 0 aliphatic heterocycles. The summed E-state index contributed by atoms with van der Waals surface area (Å²) in [4.78, 5) is 4.32. The molecule has 0 amide bonds. The molecule has 0 radical (unpaired) electrons. The van der Waals surface area contributed by atoms with Crippen LogP contribution in [0.3, 0.4) is 0 Å². The molecule has 0 aliphatic carbocycles. The van der Waals surface area contributed by atoms with Crippen LogP contribution >= 0.6 is 0 Å². The molecule has 1 rings (SSSR count). The van der Waals surface area contributed by atoms with Crippen molar-refractivity contribution >= 4 is 0 Å². The molecule has 0 unspecified atom stereocenters. The van der Waals surface area contributed by atoms with Crippen molar-refractivity contribution in [1.29, 1.82) is 0 Å². The molecule has 12 heavy (non-hydrogen) atoms. The third-order valence-electron chi connectivity index (χ3n) is 1.49. The highest BCUT2D eigenvalue weighted by molar-refractivity contribution is 4.96. The van der Waals surface area contributed by atoms with E-state index in [2.05, 4.69) is 27.4 Å². The molecule has 1 N–H and O–H groups in total. The molecule has 0 bridgehead atoms. The summed E-state index contributed by atoms with van der Waals surface area (Å²) in [5.41, 5.74) is 1.03. The summed E-state index contributed by atoms with van der Waals surface area (Å²) in [5.74, 6) is 0.767. The second-order valence-electron chi connectivity index (χ2n) is 2.64. The summed E-state index contributed by atoms with van der Waals surface area (Å²) in [6.45, 7) is 2.81. The van der Waals surface area contributed by atoms with E-state index >= 15 is 0 Å². The van der Waals surface area contributed by atoms with Crippen LogP contribution in [-0.2, 0) is 13.0 Å². The second kappa shape index (κ2) is 4.77. The maximum absolute atomic E-state index is 4.32. The van der Waals surface area contributed by atoms with Crippen molar-refractivity contribution in [2.45, 2.75) is 26.3 Å². The smallest absolute Gasteiger partial charge is 0.164 e. The van der Waals surface area contributed by atoms with Crippen molar-refractivity contribution in [3.63, 3.8) is 0 Å². The molecular formula is C8H14N4. The topological polar surface area (TPSA) is 50.7 Å². The first-order valence-electron chi connectivity index (χ1n) is 4.19. The van der Waals surface area contributed by atoms with Gasteiger partial charge >= 0.3 is 0 Å². The van der Waals surface area contributed by atoms with Crippen LogP contribution in [0.25, 0.3) is 0 Å². The van der Waals surface area contributed by atoms with Gasteiger partial charge in [-0.15, -0.1) is 5.10 Å². The van der Waals surface area contributed by atoms with Gasteiger partial charge in [0.15, 0.2) is 5.82 Å². The highest BCUT2D eigenvalue weighted by Gasteiger charge is 1.97. The minimum absolute atomic E-state index is 0.685. The Balaban J connectivity index is 2.67. The molecular weight excluding hydrogens is 152 g/mol. The Hall–Kier alpha value is -1.03. The van der Waals surface area contributed by atoms with Crippen molar-refractivity contribution in [2.24, 2.45) is 0 Å². The molecule has 66 valence electrons. The van der Waals surface area contributed by atoms with Crippen LogP contribution in [0.1, 0.15) is 24.9 Å². The molecule has 0 atom stereocenters. The number of nitrogens with one attached hydrogen (secondary N) is 1. The van der Waals surface area contributed by atoms with E-state index in [1.165, 1.54) is 0 Å². The lowest BCUT2D eigenvalue weighted by atomic mass is 10.3. The Morgan fingerprint density at radius 3 is 3.00 bits per heavy atom. The molecule has 1 heterocycles. The van der Waals surface area contributed by atoms with E-state index < -0.39 is 0 Å². The maximum Gasteiger partial charge on any atom is 0.164 e. The van der Waals surface area contributed by atoms with Crippen LogP contribution < -0.4 is 5.32 Å². The molecule has 0 aliphatic rings. The number of hydrogen-bond acceptors (Lipinski definition) is 4. The molecule has 1 aromatic heterocycles. The fourth-order valence-electron chi connectivity index (χ4n) is 0.989. The lowest BCUT2D eigenvalue weighted by Gasteiger charge is -1.99. The molecule has 0 aromatic carbocycles. The number of hydrogen-bond donors (Lipinski definition) is 1. The first-order valence-corrected chi connectivity index (χ1v) is 4.19. The third kappa shape index (κ3) is 2.54. The molecule has 4 nitrogen and oxygen atoms in total. The average Bonchev–Trinajstić information content (AvgIpc) is 2.06. The second-order valence-corrected chi connectivity index (χ2v) is 2.64. The van der Waals surface area contributed by atoms with Gasteiger partial charge in [-0.05, 0) is 13.5 Å². The van der Waals surface area contributed by atoms with Crippen LogP contribution in [0, 0.1) is 0 Å². The quantitative estimate of drug-likeness (QED) is 0.709. The standard InChI is InChI=1S/C8H14N4/c1-3-4-7-5-10-12-8(11-7)6-9-2/h5,9H,3-4,6H2,1-2H3. The first kappa shape index (κ1) is 9.06. The molecule has 1 aromatic rings. The highest BCUT2D eigenvalue weighted by atomic mass is 15.2. The van der Waals surface area contributed by atoms with Crippen LogP contribution in [0.2, 0.25) is 0 Å². The third-order valence-corrected chi connectivity index (χ3v) is 1.49. The summed E-state index contributed by atoms with van der Waals surface area (Å²) in [5, 5.41) is 10.7. The minimum Gasteiger partial charge on any atom is -0.313 e. The monoisotopic (exact) mass is 166 g/mol. The van der Waals surface area contributed by atoms with Crippen LogP contribution in [0.4, 0.5) is 0 Å². The average molecular weight is 166 g/mol. The first-order chi connectivity index (χ1) is 5.86. The van der Waals surface area contributed by atoms with Crippen molar-refractivity contribution < 1.29 is 0 Å². The maximum atomic E-state index is 4.32. The van der Waals surface area contributed by atoms with E-state index in [1.54, 1.807) is 6.20 Å². The Morgan fingerprint density at radius 2 is 2.33 bits per heavy atom. The van der Waals surface area contributed by atoms with Gasteiger partial charge < -0.3 is 5.32 Å². The van der Waals surface area contributed by atoms with Crippen LogP contribution in [-0.4, -0.2) is 22.2 Å². The van der Waals surface area contributed by atoms with E-state index in [4.69, 9.17) is 0 Å². The lowest BCUT2D eigenvalue weighted by Crippen LogP contribution is -2.11. The van der Waals surface area contributed by atoms with Crippen molar-refractivity contribution in [2.75, 3.05) is 7.05 Å². The van der Waals surface area contributed by atoms with E-state index in [-0.39, 0.29) is 0 Å². The van der Waals surface area contributed by atoms with Crippen LogP contribution in [0.5, 0.6) is 0 Å². The van der Waals surface area contributed by atoms with Gasteiger partial charge in [0, 0.05) is 0 Å². The zero-order valence-corrected chi connectivity index (χ0v) is 7.54. The minimum atomic E-state index is 0.685. The molecule has 4 heteroatoms. The zero-order chi connectivity index (χ0) is 8.81. The van der Waals surface area contributed by atoms with Gasteiger partial charge in [0.25, 0.3) is 0 Å². The van der Waals surface area contributed by atoms with Gasteiger partial charge in [-0.2, -0.15) is 5.10 Å². The largest absolute Gasteiger partial charge is 0.313 e. The Bertz CT molecular complexity index is 215. The van der Waals surface area contributed by atoms with Crippen molar-refractivity contribution in [3.8, 4) is 0 Å². The number of aryl methyl sites for hydroxylation is 1. The zero-order valence-electron chi connectivity index (χ0n) is 7.54. The molecule has 0 spiro atoms. The fourth-order valence-corrected chi connectivity index (χ4v) is 0.989. The van der Waals surface area contributed by atoms with E-state index in [1.807, 2.05) is 7.05 Å². The summed E-state index contributed by atoms with van der Waals surface area (Å²) in [6.07, 6.45) is 3.80. The Kier molecular flexibility index (Phi) is 3.60. The van der Waals surface area contributed by atoms with E-state index in [9.17, 15) is 0 Å². The fraction of sp³-hybridized carbons (Fsp3) is 0.625. The van der Waals surface area contributed by atoms with Gasteiger partial charge in [0.1, 0.15) is 0 Å². The van der Waals surface area contributed by atoms with Gasteiger partial charge in [0.05, 0.1) is 18.4 Å². The van der Waals surface area contributed by atoms with Gasteiger partial charge in [-0.3, -0.25) is 0 Å². The summed E-state index contributed by atoms with van der Waals surface area (Å²) in [7, 11) is 1.87. The Morgan fingerprint density at radius 1 is 1.50 bits per heavy atom. The van der Waals surface area contributed by atoms with Crippen LogP contribution in [0.15, 0.2) is 6.20 Å². The van der Waals surface area contributed by atoms with Gasteiger partial charge in [-0.1, -0.05) is 13.3 Å². The summed E-state index contributed by atoms with van der Waals surface area (Å²) in [6, 6.07) is 0. The molecule has 0 fully saturated rings. The SMILES string of the molecule is CCCc1cnnc(CNC)n1. The normalized spacial score (nSPS) is 10.2. The Labute approximate surface area is 72.4 Å². The van der Waals surface area contributed by atoms with Gasteiger partial charge in [-0.25, -0.2) is 4.98 Å². The lowest BCUT2D eigenvalue weighted by molar-refractivity contribution is 0.708. The number of rotatable bonds is 4. The predicted molar refractivity (Wildman–Crippen MR) is 46.6 cm³/mol. The summed E-state index contributed by atoms with van der Waals surface area (Å²) < 4.78 is 0. The molecule has 0 saturated heterocycles. The predicted octanol–water partition coefficient (Wildman–Crippen LogP) is 0.543. The number of nitrogens with zero attached hydrogens (tertiary/aromatic N) is 3. The van der Waals surface area contributed by atoms with E-state index in [0.29, 0.717) is 6.54 Å². The van der Waals surface area contributed by atoms with E-state index in [0.717, 1.165) is 24.4 Å².